The van der Waals surface area contributed by atoms with Gasteiger partial charge < -0.3 is 25.8 Å². The second-order valence-corrected chi connectivity index (χ2v) is 8.28. The number of benzene rings is 1. The van der Waals surface area contributed by atoms with Gasteiger partial charge in [0.2, 0.25) is 0 Å². The number of aliphatic carboxylic acids is 1. The van der Waals surface area contributed by atoms with Gasteiger partial charge in [0, 0.05) is 11.5 Å². The standard InChI is InChI=1S/C21H32BFN2O5/c23-18-6-4-16(5-7-18)19(26)17-8-14-25(15-9-17)13-3-11-21(24,20(27)28)10-1-2-12-22(29)30/h4-7,17,29-30H,1-3,8-15,24H2,(H,27,28). The highest BCUT2D eigenvalue weighted by molar-refractivity contribution is 6.40. The van der Waals surface area contributed by atoms with Gasteiger partial charge >= 0.3 is 13.1 Å². The number of ketones is 1. The summed E-state index contributed by atoms with van der Waals surface area (Å²) in [7, 11) is -1.38. The van der Waals surface area contributed by atoms with Crippen LogP contribution in [0.2, 0.25) is 6.32 Å². The van der Waals surface area contributed by atoms with Crippen molar-refractivity contribution in [1.82, 2.24) is 4.90 Å². The molecule has 166 valence electrons. The van der Waals surface area contributed by atoms with Crippen LogP contribution in [-0.2, 0) is 4.79 Å². The molecule has 5 N–H and O–H groups in total. The SMILES string of the molecule is NC(CCCCB(O)O)(CCCN1CCC(C(=O)c2ccc(F)cc2)CC1)C(=O)O. The summed E-state index contributed by atoms with van der Waals surface area (Å²) < 4.78 is 13.0. The van der Waals surface area contributed by atoms with Gasteiger partial charge in [-0.2, -0.15) is 0 Å². The molecule has 1 aromatic rings. The van der Waals surface area contributed by atoms with E-state index in [0.29, 0.717) is 37.7 Å². The number of carbonyl (C=O) groups excluding carboxylic acids is 1. The fourth-order valence-corrected chi connectivity index (χ4v) is 3.99. The number of unbranched alkanes of at least 4 members (excludes halogenated alkanes) is 1. The fraction of sp³-hybridized carbons (Fsp3) is 0.619. The van der Waals surface area contributed by atoms with Gasteiger partial charge in [-0.15, -0.1) is 0 Å². The molecule has 1 aromatic carbocycles. The lowest BCUT2D eigenvalue weighted by Gasteiger charge is -2.32. The predicted octanol–water partition coefficient (Wildman–Crippen LogP) is 1.93. The van der Waals surface area contributed by atoms with Crippen molar-refractivity contribution in [3.63, 3.8) is 0 Å². The Kier molecular flexibility index (Phi) is 9.42. The number of rotatable bonds is 12. The Hall–Kier alpha value is -1.81. The molecular weight excluding hydrogens is 390 g/mol. The largest absolute Gasteiger partial charge is 0.480 e. The van der Waals surface area contributed by atoms with Gasteiger partial charge in [-0.3, -0.25) is 9.59 Å². The first kappa shape index (κ1) is 24.5. The van der Waals surface area contributed by atoms with Crippen LogP contribution in [0.3, 0.4) is 0 Å². The molecule has 0 aromatic heterocycles. The van der Waals surface area contributed by atoms with Gasteiger partial charge in [0.1, 0.15) is 11.4 Å². The summed E-state index contributed by atoms with van der Waals surface area (Å²) in [6.45, 7) is 2.24. The van der Waals surface area contributed by atoms with Crippen LogP contribution in [0.4, 0.5) is 4.39 Å². The minimum atomic E-state index is -1.38. The molecule has 1 fully saturated rings. The second-order valence-electron chi connectivity index (χ2n) is 8.28. The molecule has 0 bridgehead atoms. The average molecular weight is 422 g/mol. The molecule has 0 saturated carbocycles. The summed E-state index contributed by atoms with van der Waals surface area (Å²) in [5, 5.41) is 27.2. The lowest BCUT2D eigenvalue weighted by molar-refractivity contribution is -0.144. The molecule has 1 aliphatic rings. The number of nitrogens with zero attached hydrogens (tertiary/aromatic N) is 1. The van der Waals surface area contributed by atoms with Crippen molar-refractivity contribution in [2.75, 3.05) is 19.6 Å². The highest BCUT2D eigenvalue weighted by atomic mass is 19.1. The van der Waals surface area contributed by atoms with Crippen LogP contribution in [-0.4, -0.2) is 64.1 Å². The maximum Gasteiger partial charge on any atom is 0.451 e. The van der Waals surface area contributed by atoms with Crippen molar-refractivity contribution in [3.8, 4) is 0 Å². The highest BCUT2D eigenvalue weighted by Gasteiger charge is 2.33. The Bertz CT molecular complexity index is 695. The monoisotopic (exact) mass is 422 g/mol. The van der Waals surface area contributed by atoms with Crippen molar-refractivity contribution < 1.29 is 29.1 Å². The molecule has 9 heteroatoms. The molecule has 0 amide bonds. The van der Waals surface area contributed by atoms with Gasteiger partial charge in [0.25, 0.3) is 0 Å². The van der Waals surface area contributed by atoms with Crippen molar-refractivity contribution in [2.45, 2.75) is 56.8 Å². The predicted molar refractivity (Wildman–Crippen MR) is 113 cm³/mol. The van der Waals surface area contributed by atoms with Crippen molar-refractivity contribution in [1.29, 1.82) is 0 Å². The van der Waals surface area contributed by atoms with E-state index >= 15 is 0 Å². The number of carbonyl (C=O) groups is 2. The Balaban J connectivity index is 1.73. The number of carboxylic acid groups (broad SMARTS) is 1. The van der Waals surface area contributed by atoms with Crippen molar-refractivity contribution in [3.05, 3.63) is 35.6 Å². The Morgan fingerprint density at radius 1 is 1.10 bits per heavy atom. The summed E-state index contributed by atoms with van der Waals surface area (Å²) in [4.78, 5) is 26.4. The number of Topliss-reactive ketones (excluding diaryl/α,β-unsaturated/α-hetero) is 1. The van der Waals surface area contributed by atoms with Crippen LogP contribution < -0.4 is 5.73 Å². The molecule has 1 atom stereocenters. The summed E-state index contributed by atoms with van der Waals surface area (Å²) >= 11 is 0. The van der Waals surface area contributed by atoms with Crippen molar-refractivity contribution >= 4 is 18.9 Å². The lowest BCUT2D eigenvalue weighted by Crippen LogP contribution is -2.48. The molecular formula is C21H32BFN2O5. The minimum absolute atomic E-state index is 0.0505. The van der Waals surface area contributed by atoms with Crippen molar-refractivity contribution in [2.24, 2.45) is 11.7 Å². The van der Waals surface area contributed by atoms with E-state index in [-0.39, 0.29) is 23.8 Å². The Labute approximate surface area is 177 Å². The number of hydrogen-bond acceptors (Lipinski definition) is 6. The number of carboxylic acids is 1. The molecule has 2 rings (SSSR count). The number of hydrogen-bond donors (Lipinski definition) is 4. The topological polar surface area (TPSA) is 124 Å². The normalized spacial score (nSPS) is 17.5. The number of nitrogens with two attached hydrogens (primary N) is 1. The minimum Gasteiger partial charge on any atom is -0.480 e. The Morgan fingerprint density at radius 3 is 2.27 bits per heavy atom. The van der Waals surface area contributed by atoms with Crippen LogP contribution in [0.1, 0.15) is 55.3 Å². The van der Waals surface area contributed by atoms with E-state index in [9.17, 15) is 19.1 Å². The third-order valence-electron chi connectivity index (χ3n) is 5.95. The molecule has 0 aliphatic carbocycles. The molecule has 0 radical (unpaired) electrons. The number of piperidine rings is 1. The molecule has 0 spiro atoms. The quantitative estimate of drug-likeness (QED) is 0.231. The first-order valence-corrected chi connectivity index (χ1v) is 10.6. The van der Waals surface area contributed by atoms with E-state index in [0.717, 1.165) is 32.5 Å². The first-order valence-electron chi connectivity index (χ1n) is 10.6. The van der Waals surface area contributed by atoms with Gasteiger partial charge in [-0.25, -0.2) is 4.39 Å². The second kappa shape index (κ2) is 11.5. The Morgan fingerprint density at radius 2 is 1.70 bits per heavy atom. The van der Waals surface area contributed by atoms with Crippen LogP contribution in [0, 0.1) is 11.7 Å². The number of likely N-dealkylation sites (tertiary alicyclic amines) is 1. The molecule has 1 saturated heterocycles. The third kappa shape index (κ3) is 7.47. The smallest absolute Gasteiger partial charge is 0.451 e. The average Bonchev–Trinajstić information content (AvgIpc) is 2.71. The van der Waals surface area contributed by atoms with E-state index in [4.69, 9.17) is 15.8 Å². The molecule has 1 heterocycles. The summed E-state index contributed by atoms with van der Waals surface area (Å²) in [6.07, 6.45) is 3.99. The summed E-state index contributed by atoms with van der Waals surface area (Å²) in [6, 6.07) is 5.65. The zero-order chi connectivity index (χ0) is 22.1. The molecule has 1 unspecified atom stereocenters. The third-order valence-corrected chi connectivity index (χ3v) is 5.95. The fourth-order valence-electron chi connectivity index (χ4n) is 3.99. The van der Waals surface area contributed by atoms with Crippen LogP contribution >= 0.6 is 0 Å². The van der Waals surface area contributed by atoms with E-state index in [1.807, 2.05) is 0 Å². The maximum atomic E-state index is 13.0. The first-order chi connectivity index (χ1) is 14.2. The van der Waals surface area contributed by atoms with E-state index in [1.165, 1.54) is 24.3 Å². The maximum absolute atomic E-state index is 13.0. The van der Waals surface area contributed by atoms with Crippen LogP contribution in [0.5, 0.6) is 0 Å². The van der Waals surface area contributed by atoms with E-state index in [1.54, 1.807) is 0 Å². The van der Waals surface area contributed by atoms with Crippen LogP contribution in [0.15, 0.2) is 24.3 Å². The zero-order valence-electron chi connectivity index (χ0n) is 17.3. The van der Waals surface area contributed by atoms with E-state index in [2.05, 4.69) is 4.90 Å². The molecule has 7 nitrogen and oxygen atoms in total. The van der Waals surface area contributed by atoms with Gasteiger partial charge in [0.15, 0.2) is 5.78 Å². The van der Waals surface area contributed by atoms with Gasteiger partial charge in [-0.05, 0) is 82.3 Å². The number of halogens is 1. The van der Waals surface area contributed by atoms with Gasteiger partial charge in [-0.1, -0.05) is 12.8 Å². The lowest BCUT2D eigenvalue weighted by atomic mass is 9.81. The zero-order valence-corrected chi connectivity index (χ0v) is 17.3. The summed E-state index contributed by atoms with van der Waals surface area (Å²) in [5.74, 6) is -1.41. The highest BCUT2D eigenvalue weighted by Crippen LogP contribution is 2.24. The van der Waals surface area contributed by atoms with Gasteiger partial charge in [0.05, 0.1) is 0 Å². The molecule has 30 heavy (non-hydrogen) atoms. The van der Waals surface area contributed by atoms with Crippen LogP contribution in [0.25, 0.3) is 0 Å². The van der Waals surface area contributed by atoms with E-state index < -0.39 is 18.6 Å². The molecule has 1 aliphatic heterocycles. The summed E-state index contributed by atoms with van der Waals surface area (Å²) in [5.41, 5.74) is 5.33.